The summed E-state index contributed by atoms with van der Waals surface area (Å²) < 4.78 is 73.6. The van der Waals surface area contributed by atoms with E-state index >= 15 is 0 Å². The Labute approximate surface area is 66.7 Å². The third kappa shape index (κ3) is 5.74. The predicted octanol–water partition coefficient (Wildman–Crippen LogP) is 3.14. The van der Waals surface area contributed by atoms with E-state index < -0.39 is 38.1 Å². The van der Waals surface area contributed by atoms with Gasteiger partial charge < -0.3 is 0 Å². The van der Waals surface area contributed by atoms with Crippen LogP contribution in [-0.4, -0.2) is 0 Å². The van der Waals surface area contributed by atoms with E-state index in [2.05, 4.69) is 0 Å². The summed E-state index contributed by atoms with van der Waals surface area (Å²) in [6.07, 6.45) is -10.7. The molecular weight excluding hydrogens is 96.1 g/mol. The molecule has 1 unspecified atom stereocenters. The lowest BCUT2D eigenvalue weighted by Crippen LogP contribution is -1.71. The molecule has 0 heteroatoms. The molecule has 0 aliphatic rings. The summed E-state index contributed by atoms with van der Waals surface area (Å²) in [5, 5.41) is 0. The van der Waals surface area contributed by atoms with Crippen LogP contribution in [0.1, 0.15) is 52.6 Å². The molecule has 0 radical (unpaired) electrons. The molecule has 0 aliphatic carbocycles. The van der Waals surface area contributed by atoms with Crippen LogP contribution in [0, 0.1) is 0 Å². The summed E-state index contributed by atoms with van der Waals surface area (Å²) in [5.41, 5.74) is 0. The van der Waals surface area contributed by atoms with E-state index in [1.807, 2.05) is 0 Å². The van der Waals surface area contributed by atoms with Crippen LogP contribution < -0.4 is 0 Å². The lowest BCUT2D eigenvalue weighted by Gasteiger charge is -1.91. The lowest BCUT2D eigenvalue weighted by molar-refractivity contribution is 0.675. The maximum atomic E-state index is 7.56. The first-order valence-electron chi connectivity index (χ1n) is 7.48. The van der Waals surface area contributed by atoms with Crippen LogP contribution in [0.2, 0.25) is 0 Å². The second-order valence-electron chi connectivity index (χ2n) is 1.13. The fourth-order valence-corrected chi connectivity index (χ4v) is 0.220. The maximum absolute atomic E-state index is 7.56. The average Bonchev–Trinajstić information content (AvgIpc) is 2.25. The Kier molecular flexibility index (Phi) is 1.06. The van der Waals surface area contributed by atoms with E-state index in [4.69, 9.17) is 13.7 Å². The van der Waals surface area contributed by atoms with Crippen molar-refractivity contribution in [1.29, 1.82) is 0 Å². The predicted molar refractivity (Wildman–Crippen MR) is 39.0 cm³/mol. The Morgan fingerprint density at radius 2 is 2.75 bits per heavy atom. The third-order valence-corrected chi connectivity index (χ3v) is 0.503. The van der Waals surface area contributed by atoms with Crippen molar-refractivity contribution < 1.29 is 13.7 Å². The molecule has 0 amide bonds. The standard InChI is InChI=1S/C8H16/c1-3-5-7-8-6-4-2/h3H,1,4-8H2,2H3/i1D2,3D,5D2,6D,7D2,8D2. The highest BCUT2D eigenvalue weighted by atomic mass is 13.9. The molecule has 48 valence electrons. The minimum atomic E-state index is -3.19. The molecule has 0 fully saturated rings. The molecule has 0 bridgehead atoms. The topological polar surface area (TPSA) is 0 Å². The van der Waals surface area contributed by atoms with Gasteiger partial charge in [-0.25, -0.2) is 0 Å². The Morgan fingerprint density at radius 1 is 1.88 bits per heavy atom. The first-order valence-corrected chi connectivity index (χ1v) is 2.40. The number of allylic oxidation sites excluding steroid dienone is 1. The van der Waals surface area contributed by atoms with Crippen LogP contribution in [0.15, 0.2) is 12.6 Å². The molecule has 0 N–H and O–H groups in total. The maximum Gasteiger partial charge on any atom is 0.0570 e. The van der Waals surface area contributed by atoms with Gasteiger partial charge in [0, 0.05) is 9.60 Å². The van der Waals surface area contributed by atoms with Gasteiger partial charge in [0.25, 0.3) is 0 Å². The highest BCUT2D eigenvalue weighted by molar-refractivity contribution is 4.64. The smallest absolute Gasteiger partial charge is 0.0570 e. The Morgan fingerprint density at radius 3 is 3.38 bits per heavy atom. The van der Waals surface area contributed by atoms with Crippen LogP contribution in [0.25, 0.3) is 0 Å². The van der Waals surface area contributed by atoms with Gasteiger partial charge in [-0.1, -0.05) is 32.2 Å². The molecule has 0 aromatic carbocycles. The van der Waals surface area contributed by atoms with E-state index in [1.54, 1.807) is 0 Å². The molecule has 0 aromatic heterocycles. The van der Waals surface area contributed by atoms with Gasteiger partial charge in [0.1, 0.15) is 0 Å². The fraction of sp³-hybridized carbons (Fsp3) is 0.750. The zero-order valence-electron chi connectivity index (χ0n) is 14.8. The van der Waals surface area contributed by atoms with Crippen LogP contribution in [0.4, 0.5) is 0 Å². The molecule has 0 spiro atoms. The molecule has 0 saturated heterocycles. The van der Waals surface area contributed by atoms with Gasteiger partial charge in [-0.05, 0) is 12.7 Å². The van der Waals surface area contributed by atoms with Gasteiger partial charge in [0.15, 0.2) is 0 Å². The summed E-state index contributed by atoms with van der Waals surface area (Å²) in [5.74, 6) is 0. The van der Waals surface area contributed by atoms with E-state index in [1.165, 1.54) is 6.92 Å². The van der Waals surface area contributed by atoms with Crippen molar-refractivity contribution in [1.82, 2.24) is 0 Å². The van der Waals surface area contributed by atoms with Crippen molar-refractivity contribution in [2.24, 2.45) is 0 Å². The summed E-state index contributed by atoms with van der Waals surface area (Å²) in [4.78, 5) is 0. The molecule has 0 heterocycles. The van der Waals surface area contributed by atoms with Crippen molar-refractivity contribution in [2.75, 3.05) is 0 Å². The number of hydrogen-bond acceptors (Lipinski definition) is 0. The highest BCUT2D eigenvalue weighted by Crippen LogP contribution is 2.01. The van der Waals surface area contributed by atoms with E-state index in [0.717, 1.165) is 0 Å². The van der Waals surface area contributed by atoms with Gasteiger partial charge in [-0.15, -0.1) is 6.53 Å². The molecule has 8 heavy (non-hydrogen) atoms. The van der Waals surface area contributed by atoms with Crippen molar-refractivity contribution >= 4 is 0 Å². The van der Waals surface area contributed by atoms with Gasteiger partial charge in [-0.2, -0.15) is 0 Å². The van der Waals surface area contributed by atoms with Gasteiger partial charge in [-0.3, -0.25) is 0 Å². The SMILES string of the molecule is [2H]C([2H])=C([2H])C([2H])([2H])C([2H])([2H])C([2H])([2H])C([2H])CC. The van der Waals surface area contributed by atoms with Crippen molar-refractivity contribution in [3.05, 3.63) is 12.6 Å². The number of rotatable bonds is 5. The highest BCUT2D eigenvalue weighted by Gasteiger charge is 1.81. The van der Waals surface area contributed by atoms with Crippen LogP contribution >= 0.6 is 0 Å². The normalized spacial score (nSPS) is 36.1. The quantitative estimate of drug-likeness (QED) is 0.491. The molecular formula is C8H16. The molecule has 1 atom stereocenters. The van der Waals surface area contributed by atoms with E-state index in [0.29, 0.717) is 0 Å². The lowest BCUT2D eigenvalue weighted by atomic mass is 10.2. The first-order chi connectivity index (χ1) is 7.84. The summed E-state index contributed by atoms with van der Waals surface area (Å²) in [7, 11) is 0. The number of hydrogen-bond donors (Lipinski definition) is 0. The third-order valence-electron chi connectivity index (χ3n) is 0.503. The van der Waals surface area contributed by atoms with Crippen LogP contribution in [0.3, 0.4) is 0 Å². The zero-order valence-corrected chi connectivity index (χ0v) is 4.78. The van der Waals surface area contributed by atoms with Crippen LogP contribution in [-0.2, 0) is 0 Å². The van der Waals surface area contributed by atoms with Crippen molar-refractivity contribution in [3.8, 4) is 0 Å². The Hall–Kier alpha value is -0.260. The average molecular weight is 122 g/mol. The largest absolute Gasteiger partial charge is 0.103 e. The fourth-order valence-electron chi connectivity index (χ4n) is 0.220. The summed E-state index contributed by atoms with van der Waals surface area (Å²) >= 11 is 0. The summed E-state index contributed by atoms with van der Waals surface area (Å²) in [6, 6.07) is -1.24. The first kappa shape index (κ1) is 1.25. The van der Waals surface area contributed by atoms with Gasteiger partial charge in [0.2, 0.25) is 0 Å². The minimum absolute atomic E-state index is 0.0196. The minimum Gasteiger partial charge on any atom is -0.103 e. The molecule has 0 aliphatic heterocycles. The van der Waals surface area contributed by atoms with E-state index in [9.17, 15) is 0 Å². The van der Waals surface area contributed by atoms with Gasteiger partial charge in [0.05, 0.1) is 4.11 Å². The zero-order chi connectivity index (χ0) is 14.9. The molecule has 0 saturated carbocycles. The molecule has 0 rings (SSSR count). The van der Waals surface area contributed by atoms with Crippen LogP contribution in [0.5, 0.6) is 0 Å². The Bertz CT molecular complexity index is 327. The second kappa shape index (κ2) is 6.74. The molecule has 0 aromatic rings. The monoisotopic (exact) mass is 122 g/mol. The van der Waals surface area contributed by atoms with Gasteiger partial charge >= 0.3 is 0 Å². The van der Waals surface area contributed by atoms with E-state index in [-0.39, 0.29) is 6.42 Å². The second-order valence-corrected chi connectivity index (χ2v) is 1.13. The van der Waals surface area contributed by atoms with Crippen molar-refractivity contribution in [2.45, 2.75) is 38.9 Å². The summed E-state index contributed by atoms with van der Waals surface area (Å²) in [6.45, 7) is 0.261. The Balaban J connectivity index is 5.71. The van der Waals surface area contributed by atoms with Crippen molar-refractivity contribution in [3.63, 3.8) is 0 Å². The molecule has 0 nitrogen and oxygen atoms in total.